The molecule has 0 spiro atoms. The van der Waals surface area contributed by atoms with Gasteiger partial charge in [-0.2, -0.15) is 0 Å². The van der Waals surface area contributed by atoms with Crippen molar-refractivity contribution in [2.24, 2.45) is 0 Å². The standard InChI is InChI=1S/C18H12Br6O4/c1-8(18(25)26)15(28-17-13(23)6-10(20)7-14(17)24)2-3-27-16-11(21)4-9(19)5-12(16)22/h4-7,15H,1-3H2,(H,25,26). The zero-order valence-electron chi connectivity index (χ0n) is 13.9. The molecular weight excluding hydrogens is 760 g/mol. The second kappa shape index (κ2) is 10.9. The third kappa shape index (κ3) is 6.57. The fraction of sp³-hybridized carbons (Fsp3) is 0.167. The summed E-state index contributed by atoms with van der Waals surface area (Å²) in [6.45, 7) is 3.88. The van der Waals surface area contributed by atoms with Gasteiger partial charge in [-0.1, -0.05) is 38.4 Å². The zero-order valence-corrected chi connectivity index (χ0v) is 23.5. The van der Waals surface area contributed by atoms with Gasteiger partial charge in [-0.05, 0) is 88.0 Å². The number of benzene rings is 2. The van der Waals surface area contributed by atoms with Crippen LogP contribution in [0.5, 0.6) is 11.5 Å². The van der Waals surface area contributed by atoms with Crippen LogP contribution in [0.3, 0.4) is 0 Å². The van der Waals surface area contributed by atoms with E-state index in [0.29, 0.717) is 20.4 Å². The lowest BCUT2D eigenvalue weighted by Gasteiger charge is -2.22. The average molecular weight is 772 g/mol. The smallest absolute Gasteiger partial charge is 0.334 e. The molecule has 4 nitrogen and oxygen atoms in total. The maximum atomic E-state index is 11.5. The van der Waals surface area contributed by atoms with Crippen molar-refractivity contribution in [2.75, 3.05) is 6.61 Å². The molecule has 28 heavy (non-hydrogen) atoms. The minimum atomic E-state index is -1.12. The van der Waals surface area contributed by atoms with Gasteiger partial charge in [0.2, 0.25) is 0 Å². The van der Waals surface area contributed by atoms with Gasteiger partial charge in [0, 0.05) is 15.4 Å². The fourth-order valence-corrected chi connectivity index (χ4v) is 7.09. The van der Waals surface area contributed by atoms with Crippen LogP contribution in [0.1, 0.15) is 6.42 Å². The molecule has 150 valence electrons. The molecule has 0 aliphatic rings. The predicted molar refractivity (Wildman–Crippen MR) is 130 cm³/mol. The van der Waals surface area contributed by atoms with Crippen LogP contribution in [0.2, 0.25) is 0 Å². The van der Waals surface area contributed by atoms with E-state index >= 15 is 0 Å². The van der Waals surface area contributed by atoms with Crippen LogP contribution in [0.4, 0.5) is 0 Å². The van der Waals surface area contributed by atoms with E-state index in [4.69, 9.17) is 9.47 Å². The van der Waals surface area contributed by atoms with Crippen molar-refractivity contribution in [3.63, 3.8) is 0 Å². The van der Waals surface area contributed by atoms with E-state index in [1.165, 1.54) is 0 Å². The minimum Gasteiger partial charge on any atom is -0.491 e. The van der Waals surface area contributed by atoms with Crippen molar-refractivity contribution in [1.29, 1.82) is 0 Å². The Bertz CT molecular complexity index is 869. The topological polar surface area (TPSA) is 55.8 Å². The Labute approximate surface area is 212 Å². The van der Waals surface area contributed by atoms with Crippen LogP contribution < -0.4 is 9.47 Å². The van der Waals surface area contributed by atoms with Crippen molar-refractivity contribution in [1.82, 2.24) is 0 Å². The second-order valence-corrected chi connectivity index (χ2v) is 10.7. The van der Waals surface area contributed by atoms with Gasteiger partial charge in [0.15, 0.2) is 0 Å². The molecule has 0 amide bonds. The highest BCUT2D eigenvalue weighted by Crippen LogP contribution is 2.39. The fourth-order valence-electron chi connectivity index (χ4n) is 2.16. The molecule has 10 heteroatoms. The van der Waals surface area contributed by atoms with Crippen molar-refractivity contribution >= 4 is 102 Å². The highest BCUT2D eigenvalue weighted by atomic mass is 79.9. The summed E-state index contributed by atoms with van der Waals surface area (Å²) in [6, 6.07) is 7.35. The molecule has 0 radical (unpaired) electrons. The number of hydrogen-bond acceptors (Lipinski definition) is 3. The van der Waals surface area contributed by atoms with Crippen LogP contribution in [0, 0.1) is 0 Å². The lowest BCUT2D eigenvalue weighted by molar-refractivity contribution is -0.133. The van der Waals surface area contributed by atoms with Gasteiger partial charge in [0.25, 0.3) is 0 Å². The van der Waals surface area contributed by atoms with Gasteiger partial charge >= 0.3 is 5.97 Å². The molecule has 2 aromatic carbocycles. The van der Waals surface area contributed by atoms with E-state index in [1.54, 1.807) is 0 Å². The number of ether oxygens (including phenoxy) is 2. The predicted octanol–water partition coefficient (Wildman–Crippen LogP) is 8.12. The number of carbonyl (C=O) groups is 1. The summed E-state index contributed by atoms with van der Waals surface area (Å²) in [5, 5.41) is 9.38. The summed E-state index contributed by atoms with van der Waals surface area (Å²) in [5.74, 6) is -0.0177. The maximum Gasteiger partial charge on any atom is 0.334 e. The molecule has 0 fully saturated rings. The van der Waals surface area contributed by atoms with E-state index in [1.807, 2.05) is 24.3 Å². The van der Waals surface area contributed by atoms with E-state index in [0.717, 1.165) is 17.9 Å². The monoisotopic (exact) mass is 766 g/mol. The first kappa shape index (κ1) is 24.4. The molecular formula is C18H12Br6O4. The SMILES string of the molecule is C=C(C(=O)O)C(CCOc1c(Br)cc(Br)cc1Br)Oc1c(Br)cc(Br)cc1Br. The van der Waals surface area contributed by atoms with Crippen molar-refractivity contribution in [3.05, 3.63) is 63.3 Å². The third-order valence-electron chi connectivity index (χ3n) is 3.48. The van der Waals surface area contributed by atoms with E-state index in [9.17, 15) is 9.90 Å². The maximum absolute atomic E-state index is 11.5. The molecule has 0 bridgehead atoms. The number of carboxylic acids is 1. The molecule has 0 saturated heterocycles. The molecule has 0 saturated carbocycles. The van der Waals surface area contributed by atoms with E-state index in [2.05, 4.69) is 102 Å². The van der Waals surface area contributed by atoms with Crippen molar-refractivity contribution in [2.45, 2.75) is 12.5 Å². The Morgan fingerprint density at radius 3 is 1.75 bits per heavy atom. The van der Waals surface area contributed by atoms with Gasteiger partial charge in [0.1, 0.15) is 17.6 Å². The molecule has 1 unspecified atom stereocenters. The highest BCUT2D eigenvalue weighted by Gasteiger charge is 2.23. The second-order valence-electron chi connectivity index (χ2n) is 5.47. The summed E-state index contributed by atoms with van der Waals surface area (Å²) in [7, 11) is 0. The van der Waals surface area contributed by atoms with Crippen molar-refractivity contribution in [3.8, 4) is 11.5 Å². The summed E-state index contributed by atoms with van der Waals surface area (Å²) >= 11 is 20.6. The molecule has 2 rings (SSSR count). The summed E-state index contributed by atoms with van der Waals surface area (Å²) in [5.41, 5.74) is -0.0562. The highest BCUT2D eigenvalue weighted by molar-refractivity contribution is 9.12. The first-order valence-corrected chi connectivity index (χ1v) is 12.4. The zero-order chi connectivity index (χ0) is 21.0. The molecule has 0 heterocycles. The number of hydrogen-bond donors (Lipinski definition) is 1. The Kier molecular flexibility index (Phi) is 9.54. The Morgan fingerprint density at radius 1 is 0.893 bits per heavy atom. The van der Waals surface area contributed by atoms with Gasteiger partial charge in [0.05, 0.1) is 30.1 Å². The van der Waals surface area contributed by atoms with Gasteiger partial charge < -0.3 is 14.6 Å². The Hall–Kier alpha value is 0.130. The lowest BCUT2D eigenvalue weighted by atomic mass is 10.1. The third-order valence-corrected chi connectivity index (χ3v) is 6.75. The normalized spacial score (nSPS) is 11.8. The molecule has 0 aliphatic carbocycles. The number of halogens is 6. The number of carboxylic acid groups (broad SMARTS) is 1. The van der Waals surface area contributed by atoms with Crippen LogP contribution >= 0.6 is 95.6 Å². The molecule has 1 N–H and O–H groups in total. The van der Waals surface area contributed by atoms with Crippen LogP contribution in [-0.4, -0.2) is 23.8 Å². The van der Waals surface area contributed by atoms with Gasteiger partial charge in [-0.25, -0.2) is 4.79 Å². The van der Waals surface area contributed by atoms with Gasteiger partial charge in [-0.3, -0.25) is 0 Å². The Balaban J connectivity index is 2.17. The first-order valence-electron chi connectivity index (χ1n) is 7.60. The summed E-state index contributed by atoms with van der Waals surface area (Å²) in [6.07, 6.45) is -0.492. The first-order chi connectivity index (χ1) is 13.1. The quantitative estimate of drug-likeness (QED) is 0.276. The summed E-state index contributed by atoms with van der Waals surface area (Å²) < 4.78 is 16.4. The summed E-state index contributed by atoms with van der Waals surface area (Å²) in [4.78, 5) is 11.5. The largest absolute Gasteiger partial charge is 0.491 e. The van der Waals surface area contributed by atoms with Crippen molar-refractivity contribution < 1.29 is 19.4 Å². The molecule has 0 aromatic heterocycles. The van der Waals surface area contributed by atoms with Crippen LogP contribution in [0.25, 0.3) is 0 Å². The van der Waals surface area contributed by atoms with Crippen LogP contribution in [0.15, 0.2) is 63.3 Å². The molecule has 2 aromatic rings. The van der Waals surface area contributed by atoms with Gasteiger partial charge in [-0.15, -0.1) is 0 Å². The molecule has 0 aliphatic heterocycles. The average Bonchev–Trinajstić information content (AvgIpc) is 2.57. The number of aliphatic carboxylic acids is 1. The lowest BCUT2D eigenvalue weighted by Crippen LogP contribution is -2.26. The number of rotatable bonds is 8. The van der Waals surface area contributed by atoms with Crippen LogP contribution in [-0.2, 0) is 4.79 Å². The van der Waals surface area contributed by atoms with E-state index < -0.39 is 12.1 Å². The van der Waals surface area contributed by atoms with E-state index in [-0.39, 0.29) is 18.6 Å². The molecule has 1 atom stereocenters. The minimum absolute atomic E-state index is 0.0562. The Morgan fingerprint density at radius 2 is 1.32 bits per heavy atom.